The summed E-state index contributed by atoms with van der Waals surface area (Å²) in [5.41, 5.74) is 0. The first-order valence-electron chi connectivity index (χ1n) is 34.0. The van der Waals surface area contributed by atoms with Crippen molar-refractivity contribution >= 4 is 17.9 Å². The van der Waals surface area contributed by atoms with Gasteiger partial charge in [0.15, 0.2) is 6.10 Å². The van der Waals surface area contributed by atoms with Gasteiger partial charge in [0.1, 0.15) is 13.2 Å². The van der Waals surface area contributed by atoms with Gasteiger partial charge in [-0.2, -0.15) is 0 Å². The van der Waals surface area contributed by atoms with Gasteiger partial charge < -0.3 is 14.2 Å². The molecule has 6 heteroatoms. The van der Waals surface area contributed by atoms with Crippen molar-refractivity contribution in [2.75, 3.05) is 13.2 Å². The van der Waals surface area contributed by atoms with Crippen molar-refractivity contribution in [3.63, 3.8) is 0 Å². The third-order valence-electron chi connectivity index (χ3n) is 14.0. The van der Waals surface area contributed by atoms with E-state index in [4.69, 9.17) is 14.2 Å². The maximum Gasteiger partial charge on any atom is 0.306 e. The molecule has 0 aromatic carbocycles. The molecule has 0 radical (unpaired) electrons. The molecule has 0 aliphatic carbocycles. The lowest BCUT2D eigenvalue weighted by Crippen LogP contribution is -2.30. The summed E-state index contributed by atoms with van der Waals surface area (Å²) in [6.07, 6.45) is 101. The first kappa shape index (κ1) is 78.0. The van der Waals surface area contributed by atoms with E-state index < -0.39 is 6.10 Å². The molecule has 0 saturated carbocycles. The number of unbranched alkanes of at least 4 members (excludes halogenated alkanes) is 23. The van der Waals surface area contributed by atoms with E-state index in [1.54, 1.807) is 0 Å². The van der Waals surface area contributed by atoms with Gasteiger partial charge in [-0.05, 0) is 122 Å². The zero-order valence-corrected chi connectivity index (χ0v) is 53.7. The minimum atomic E-state index is -0.817. The second-order valence-corrected chi connectivity index (χ2v) is 22.0. The molecule has 0 saturated heterocycles. The van der Waals surface area contributed by atoms with Crippen LogP contribution in [-0.2, 0) is 28.6 Å². The molecule has 0 aliphatic rings. The number of hydrogen-bond donors (Lipinski definition) is 0. The SMILES string of the molecule is CC/C=C\C/C=C\C/C=C\C/C=C\C/C=C\C/C=C\C/C=C\C/C=C\C/C=C\CCCC(=O)OCC(COC(=O)CCCCCCCCCCCCCCCCCCC)OC(=O)CCCCCCCC/C=C\C/C=C\C/C=C\C/C=C\CC. The van der Waals surface area contributed by atoms with Crippen LogP contribution < -0.4 is 0 Å². The summed E-state index contributed by atoms with van der Waals surface area (Å²) in [4.78, 5) is 38.4. The van der Waals surface area contributed by atoms with E-state index in [1.807, 2.05) is 0 Å². The molecule has 0 aromatic heterocycles. The zero-order valence-electron chi connectivity index (χ0n) is 53.7. The Morgan fingerprint density at radius 3 is 0.783 bits per heavy atom. The van der Waals surface area contributed by atoms with E-state index in [2.05, 4.69) is 179 Å². The molecule has 1 atom stereocenters. The minimum Gasteiger partial charge on any atom is -0.462 e. The van der Waals surface area contributed by atoms with Crippen molar-refractivity contribution in [1.82, 2.24) is 0 Å². The largest absolute Gasteiger partial charge is 0.462 e. The standard InChI is InChI=1S/C77H124O6/c1-4-7-10-13-16-19-22-25-28-31-33-34-35-36-37-38-39-40-41-42-44-46-49-52-55-58-61-64-67-70-76(79)82-73-74(72-81-75(78)69-66-63-60-57-54-51-48-45-30-27-24-21-18-15-12-9-6-3)83-77(80)71-68-65-62-59-56-53-50-47-43-32-29-26-23-20-17-14-11-8-5-2/h7-8,10-11,16-17,19-20,25-26,28-29,33-34,36-37,39-40,42-44,47,49,52,58,61,74H,4-6,9,12-15,18,21-24,27,30-32,35,38,41,45-46,48,50-51,53-57,59-60,62-73H2,1-3H3/b10-7-,11-8-,19-16-,20-17-,28-25-,29-26-,34-33-,37-36-,40-39-,44-42-,47-43-,52-49-,61-58-. The van der Waals surface area contributed by atoms with Gasteiger partial charge >= 0.3 is 17.9 Å². The van der Waals surface area contributed by atoms with E-state index in [1.165, 1.54) is 103 Å². The fourth-order valence-electron chi connectivity index (χ4n) is 9.02. The van der Waals surface area contributed by atoms with Crippen molar-refractivity contribution in [2.24, 2.45) is 0 Å². The average molecular weight is 1150 g/mol. The number of hydrogen-bond acceptors (Lipinski definition) is 6. The molecular formula is C77H124O6. The Morgan fingerprint density at radius 2 is 0.482 bits per heavy atom. The predicted octanol–water partition coefficient (Wildman–Crippen LogP) is 23.7. The molecule has 0 amide bonds. The van der Waals surface area contributed by atoms with Gasteiger partial charge in [0.05, 0.1) is 0 Å². The van der Waals surface area contributed by atoms with E-state index in [-0.39, 0.29) is 37.5 Å². The lowest BCUT2D eigenvalue weighted by molar-refractivity contribution is -0.167. The van der Waals surface area contributed by atoms with Crippen LogP contribution in [0.5, 0.6) is 0 Å². The highest BCUT2D eigenvalue weighted by atomic mass is 16.6. The van der Waals surface area contributed by atoms with Crippen LogP contribution in [0.25, 0.3) is 0 Å². The first-order chi connectivity index (χ1) is 41.0. The number of carbonyl (C=O) groups excluding carboxylic acids is 3. The van der Waals surface area contributed by atoms with Crippen LogP contribution >= 0.6 is 0 Å². The van der Waals surface area contributed by atoms with Gasteiger partial charge in [0.2, 0.25) is 0 Å². The van der Waals surface area contributed by atoms with Crippen LogP contribution in [0.4, 0.5) is 0 Å². The Kier molecular flexibility index (Phi) is 65.4. The maximum atomic E-state index is 12.9. The molecule has 0 aliphatic heterocycles. The summed E-state index contributed by atoms with van der Waals surface area (Å²) in [5.74, 6) is -0.979. The predicted molar refractivity (Wildman–Crippen MR) is 362 cm³/mol. The molecule has 0 spiro atoms. The molecule has 0 rings (SSSR count). The monoisotopic (exact) mass is 1140 g/mol. The quantitative estimate of drug-likeness (QED) is 0.0261. The minimum absolute atomic E-state index is 0.106. The lowest BCUT2D eigenvalue weighted by Gasteiger charge is -2.18. The van der Waals surface area contributed by atoms with Crippen LogP contribution in [0, 0.1) is 0 Å². The van der Waals surface area contributed by atoms with Crippen molar-refractivity contribution in [1.29, 1.82) is 0 Å². The molecule has 1 unspecified atom stereocenters. The Bertz CT molecular complexity index is 1840. The molecule has 468 valence electrons. The number of carbonyl (C=O) groups is 3. The number of allylic oxidation sites excluding steroid dienone is 26. The van der Waals surface area contributed by atoms with E-state index >= 15 is 0 Å². The van der Waals surface area contributed by atoms with Gasteiger partial charge in [-0.3, -0.25) is 14.4 Å². The number of ether oxygens (including phenoxy) is 3. The van der Waals surface area contributed by atoms with E-state index in [9.17, 15) is 14.4 Å². The van der Waals surface area contributed by atoms with Gasteiger partial charge in [-0.15, -0.1) is 0 Å². The molecular weight excluding hydrogens is 1020 g/mol. The Morgan fingerprint density at radius 1 is 0.253 bits per heavy atom. The van der Waals surface area contributed by atoms with Crippen molar-refractivity contribution < 1.29 is 28.6 Å². The smallest absolute Gasteiger partial charge is 0.306 e. The fraction of sp³-hybridized carbons (Fsp3) is 0.623. The molecule has 6 nitrogen and oxygen atoms in total. The summed E-state index contributed by atoms with van der Waals surface area (Å²) in [5, 5.41) is 0. The van der Waals surface area contributed by atoms with Gasteiger partial charge in [0.25, 0.3) is 0 Å². The molecule has 0 N–H and O–H groups in total. The normalized spacial score (nSPS) is 13.1. The van der Waals surface area contributed by atoms with E-state index in [0.717, 1.165) is 141 Å². The van der Waals surface area contributed by atoms with Crippen molar-refractivity contribution in [2.45, 2.75) is 297 Å². The van der Waals surface area contributed by atoms with Crippen LogP contribution in [0.15, 0.2) is 158 Å². The summed E-state index contributed by atoms with van der Waals surface area (Å²) in [7, 11) is 0. The highest BCUT2D eigenvalue weighted by Gasteiger charge is 2.19. The number of esters is 3. The molecule has 0 aromatic rings. The molecule has 83 heavy (non-hydrogen) atoms. The Labute approximate surface area is 511 Å². The molecule has 0 fully saturated rings. The summed E-state index contributed by atoms with van der Waals surface area (Å²) in [6.45, 7) is 6.37. The van der Waals surface area contributed by atoms with Crippen LogP contribution in [-0.4, -0.2) is 37.2 Å². The average Bonchev–Trinajstić information content (AvgIpc) is 3.49. The second kappa shape index (κ2) is 69.5. The van der Waals surface area contributed by atoms with Crippen molar-refractivity contribution in [3.8, 4) is 0 Å². The van der Waals surface area contributed by atoms with Gasteiger partial charge in [0, 0.05) is 19.3 Å². The number of rotatable bonds is 60. The first-order valence-corrected chi connectivity index (χ1v) is 34.0. The third kappa shape index (κ3) is 67.7. The van der Waals surface area contributed by atoms with E-state index in [0.29, 0.717) is 19.3 Å². The topological polar surface area (TPSA) is 78.9 Å². The molecule has 0 bridgehead atoms. The lowest BCUT2D eigenvalue weighted by atomic mass is 10.0. The summed E-state index contributed by atoms with van der Waals surface area (Å²) >= 11 is 0. The van der Waals surface area contributed by atoms with Gasteiger partial charge in [-0.25, -0.2) is 0 Å². The van der Waals surface area contributed by atoms with Crippen LogP contribution in [0.3, 0.4) is 0 Å². The highest BCUT2D eigenvalue weighted by molar-refractivity contribution is 5.71. The summed E-state index contributed by atoms with van der Waals surface area (Å²) < 4.78 is 16.9. The Hall–Kier alpha value is -4.97. The molecule has 0 heterocycles. The van der Waals surface area contributed by atoms with Crippen molar-refractivity contribution in [3.05, 3.63) is 158 Å². The second-order valence-electron chi connectivity index (χ2n) is 22.0. The maximum absolute atomic E-state index is 12.9. The zero-order chi connectivity index (χ0) is 59.9. The van der Waals surface area contributed by atoms with Gasteiger partial charge in [-0.1, -0.05) is 307 Å². The third-order valence-corrected chi connectivity index (χ3v) is 14.0. The van der Waals surface area contributed by atoms with Crippen LogP contribution in [0.1, 0.15) is 290 Å². The fourth-order valence-corrected chi connectivity index (χ4v) is 9.02. The highest BCUT2D eigenvalue weighted by Crippen LogP contribution is 2.16. The summed E-state index contributed by atoms with van der Waals surface area (Å²) in [6, 6.07) is 0. The van der Waals surface area contributed by atoms with Crippen LogP contribution in [0.2, 0.25) is 0 Å². The Balaban J connectivity index is 4.50.